The Hall–Kier alpha value is -2.84. The number of nitrogens with one attached hydrogen (secondary N) is 2. The number of ether oxygens (including phenoxy) is 1. The number of carbonyl (C=O) groups excluding carboxylic acids is 2. The van der Waals surface area contributed by atoms with Crippen molar-refractivity contribution in [3.8, 4) is 0 Å². The zero-order valence-corrected chi connectivity index (χ0v) is 18.2. The maximum atomic E-state index is 12.4. The molecule has 6 nitrogen and oxygen atoms in total. The number of aryl methyl sites for hydroxylation is 2. The van der Waals surface area contributed by atoms with Crippen molar-refractivity contribution in [2.45, 2.75) is 33.8 Å². The highest BCUT2D eigenvalue weighted by molar-refractivity contribution is 7.80. The van der Waals surface area contributed by atoms with E-state index in [2.05, 4.69) is 15.6 Å². The number of fused-ring (bicyclic) bond motifs is 1. The van der Waals surface area contributed by atoms with Gasteiger partial charge in [-0.25, -0.2) is 9.78 Å². The van der Waals surface area contributed by atoms with Crippen LogP contribution in [0.5, 0.6) is 0 Å². The topological polar surface area (TPSA) is 80.3 Å². The van der Waals surface area contributed by atoms with E-state index in [0.29, 0.717) is 16.3 Å². The second-order valence-electron chi connectivity index (χ2n) is 6.86. The summed E-state index contributed by atoms with van der Waals surface area (Å²) in [5, 5.41) is 6.28. The van der Waals surface area contributed by atoms with Crippen LogP contribution in [0, 0.1) is 13.8 Å². The lowest BCUT2D eigenvalue weighted by Gasteiger charge is -2.08. The van der Waals surface area contributed by atoms with Crippen molar-refractivity contribution in [1.29, 1.82) is 0 Å². The normalized spacial score (nSPS) is 10.8. The number of esters is 1. The van der Waals surface area contributed by atoms with Gasteiger partial charge in [-0.1, -0.05) is 17.4 Å². The van der Waals surface area contributed by atoms with Crippen LogP contribution < -0.4 is 10.6 Å². The van der Waals surface area contributed by atoms with Gasteiger partial charge in [-0.15, -0.1) is 0 Å². The molecular weight excluding hydrogens is 406 g/mol. The Bertz CT molecular complexity index is 1110. The highest BCUT2D eigenvalue weighted by Gasteiger charge is 2.14. The molecule has 0 unspecified atom stereocenters. The molecule has 3 aromatic rings. The lowest BCUT2D eigenvalue weighted by molar-refractivity contribution is 0.0378. The molecule has 2 aromatic carbocycles. The van der Waals surface area contributed by atoms with Gasteiger partial charge in [0.15, 0.2) is 10.2 Å². The minimum Gasteiger partial charge on any atom is -0.459 e. The van der Waals surface area contributed by atoms with Gasteiger partial charge in [0.25, 0.3) is 5.91 Å². The third kappa shape index (κ3) is 5.16. The second-order valence-corrected chi connectivity index (χ2v) is 8.30. The lowest BCUT2D eigenvalue weighted by atomic mass is 10.1. The number of aromatic nitrogens is 1. The average molecular weight is 428 g/mol. The maximum Gasteiger partial charge on any atom is 0.338 e. The quantitative estimate of drug-likeness (QED) is 0.468. The second kappa shape index (κ2) is 8.67. The minimum atomic E-state index is -0.374. The first-order chi connectivity index (χ1) is 13.7. The van der Waals surface area contributed by atoms with Crippen LogP contribution in [0.2, 0.25) is 0 Å². The summed E-state index contributed by atoms with van der Waals surface area (Å²) in [5.41, 5.74) is 3.88. The Morgan fingerprint density at radius 2 is 1.79 bits per heavy atom. The predicted molar refractivity (Wildman–Crippen MR) is 120 cm³/mol. The van der Waals surface area contributed by atoms with Crippen LogP contribution in [0.4, 0.5) is 5.13 Å². The van der Waals surface area contributed by atoms with Crippen molar-refractivity contribution in [3.63, 3.8) is 0 Å². The molecule has 0 saturated carbocycles. The smallest absolute Gasteiger partial charge is 0.338 e. The van der Waals surface area contributed by atoms with Gasteiger partial charge in [0.2, 0.25) is 0 Å². The Kier molecular flexibility index (Phi) is 6.24. The van der Waals surface area contributed by atoms with Gasteiger partial charge in [-0.05, 0) is 81.4 Å². The summed E-state index contributed by atoms with van der Waals surface area (Å²) >= 11 is 6.57. The molecule has 0 aliphatic rings. The molecule has 0 aliphatic carbocycles. The SMILES string of the molecule is Cc1ccc(C(=O)NC(=S)Nc2nc3ccc(C(=O)OC(C)C)cc3s2)cc1C. The molecule has 0 saturated heterocycles. The average Bonchev–Trinajstić information content (AvgIpc) is 3.04. The van der Waals surface area contributed by atoms with E-state index in [1.165, 1.54) is 11.3 Å². The molecule has 0 radical (unpaired) electrons. The molecule has 0 aliphatic heterocycles. The molecule has 8 heteroatoms. The molecule has 3 rings (SSSR count). The van der Waals surface area contributed by atoms with Crippen molar-refractivity contribution in [3.05, 3.63) is 58.7 Å². The summed E-state index contributed by atoms with van der Waals surface area (Å²) in [4.78, 5) is 28.9. The van der Waals surface area contributed by atoms with Gasteiger partial charge < -0.3 is 10.1 Å². The van der Waals surface area contributed by atoms with Gasteiger partial charge in [-0.2, -0.15) is 0 Å². The third-order valence-electron chi connectivity index (χ3n) is 4.18. The van der Waals surface area contributed by atoms with E-state index >= 15 is 0 Å². The van der Waals surface area contributed by atoms with Crippen LogP contribution in [-0.4, -0.2) is 28.1 Å². The number of thiocarbonyl (C=S) groups is 1. The van der Waals surface area contributed by atoms with Crippen molar-refractivity contribution in [2.75, 3.05) is 5.32 Å². The monoisotopic (exact) mass is 427 g/mol. The Labute approximate surface area is 178 Å². The molecule has 0 fully saturated rings. The first-order valence-corrected chi connectivity index (χ1v) is 10.3. The lowest BCUT2D eigenvalue weighted by Crippen LogP contribution is -2.34. The first kappa shape index (κ1) is 20.9. The third-order valence-corrected chi connectivity index (χ3v) is 5.32. The van der Waals surface area contributed by atoms with Crippen LogP contribution >= 0.6 is 23.6 Å². The molecular formula is C21H21N3O3S2. The number of hydrogen-bond donors (Lipinski definition) is 2. The molecule has 1 amide bonds. The summed E-state index contributed by atoms with van der Waals surface area (Å²) in [7, 11) is 0. The fourth-order valence-electron chi connectivity index (χ4n) is 2.57. The Morgan fingerprint density at radius 3 is 2.48 bits per heavy atom. The summed E-state index contributed by atoms with van der Waals surface area (Å²) < 4.78 is 6.03. The number of benzene rings is 2. The van der Waals surface area contributed by atoms with Crippen molar-refractivity contribution >= 4 is 55.9 Å². The standard InChI is InChI=1S/C21H21N3O3S2/c1-11(2)27-19(26)15-7-8-16-17(10-15)29-21(22-16)24-20(28)23-18(25)14-6-5-12(3)13(4)9-14/h5-11H,1-4H3,(H2,22,23,24,25,28). The number of thiazole rings is 1. The molecule has 1 aromatic heterocycles. The fourth-order valence-corrected chi connectivity index (χ4v) is 3.74. The van der Waals surface area contributed by atoms with Crippen LogP contribution in [0.3, 0.4) is 0 Å². The Morgan fingerprint density at radius 1 is 1.07 bits per heavy atom. The Balaban J connectivity index is 1.69. The van der Waals surface area contributed by atoms with Crippen LogP contribution in [-0.2, 0) is 4.74 Å². The van der Waals surface area contributed by atoms with E-state index in [-0.39, 0.29) is 23.1 Å². The first-order valence-electron chi connectivity index (χ1n) is 9.04. The number of rotatable bonds is 4. The van der Waals surface area contributed by atoms with Crippen molar-refractivity contribution in [2.24, 2.45) is 0 Å². The van der Waals surface area contributed by atoms with E-state index in [1.54, 1.807) is 38.1 Å². The van der Waals surface area contributed by atoms with E-state index in [4.69, 9.17) is 17.0 Å². The summed E-state index contributed by atoms with van der Waals surface area (Å²) in [6.45, 7) is 7.55. The number of nitrogens with zero attached hydrogens (tertiary/aromatic N) is 1. The highest BCUT2D eigenvalue weighted by atomic mass is 32.1. The zero-order chi connectivity index (χ0) is 21.1. The fraction of sp³-hybridized carbons (Fsp3) is 0.238. The van der Waals surface area contributed by atoms with Crippen LogP contribution in [0.1, 0.15) is 45.7 Å². The van der Waals surface area contributed by atoms with Crippen LogP contribution in [0.15, 0.2) is 36.4 Å². The molecule has 0 spiro atoms. The van der Waals surface area contributed by atoms with Crippen LogP contribution in [0.25, 0.3) is 10.2 Å². The van der Waals surface area contributed by atoms with E-state index in [0.717, 1.165) is 21.3 Å². The summed E-state index contributed by atoms with van der Waals surface area (Å²) in [5.74, 6) is -0.661. The van der Waals surface area contributed by atoms with Gasteiger partial charge in [-0.3, -0.25) is 10.1 Å². The van der Waals surface area contributed by atoms with Crippen molar-refractivity contribution in [1.82, 2.24) is 10.3 Å². The molecule has 1 heterocycles. The molecule has 0 atom stereocenters. The largest absolute Gasteiger partial charge is 0.459 e. The van der Waals surface area contributed by atoms with Gasteiger partial charge in [0.05, 0.1) is 21.9 Å². The van der Waals surface area contributed by atoms with Gasteiger partial charge in [0.1, 0.15) is 0 Å². The maximum absolute atomic E-state index is 12.4. The van der Waals surface area contributed by atoms with Gasteiger partial charge >= 0.3 is 5.97 Å². The highest BCUT2D eigenvalue weighted by Crippen LogP contribution is 2.27. The number of amides is 1. The predicted octanol–water partition coefficient (Wildman–Crippen LogP) is 4.61. The molecule has 0 bridgehead atoms. The van der Waals surface area contributed by atoms with E-state index in [1.807, 2.05) is 26.0 Å². The van der Waals surface area contributed by atoms with E-state index < -0.39 is 0 Å². The van der Waals surface area contributed by atoms with Crippen molar-refractivity contribution < 1.29 is 14.3 Å². The molecule has 29 heavy (non-hydrogen) atoms. The number of hydrogen-bond acceptors (Lipinski definition) is 6. The minimum absolute atomic E-state index is 0.159. The number of anilines is 1. The molecule has 2 N–H and O–H groups in total. The summed E-state index contributed by atoms with van der Waals surface area (Å²) in [6, 6.07) is 10.6. The van der Waals surface area contributed by atoms with E-state index in [9.17, 15) is 9.59 Å². The number of carbonyl (C=O) groups is 2. The zero-order valence-electron chi connectivity index (χ0n) is 16.5. The molecule has 150 valence electrons. The summed E-state index contributed by atoms with van der Waals surface area (Å²) in [6.07, 6.45) is -0.185. The van der Waals surface area contributed by atoms with Gasteiger partial charge in [0, 0.05) is 5.56 Å².